The lowest BCUT2D eigenvalue weighted by Crippen LogP contribution is -2.61. The molecule has 24 heavy (non-hydrogen) atoms. The average molecular weight is 334 g/mol. The highest BCUT2D eigenvalue weighted by Gasteiger charge is 2.65. The van der Waals surface area contributed by atoms with Crippen LogP contribution in [0.5, 0.6) is 0 Å². The molecule has 1 aromatic carbocycles. The van der Waals surface area contributed by atoms with Crippen molar-refractivity contribution in [2.24, 2.45) is 5.16 Å². The van der Waals surface area contributed by atoms with Gasteiger partial charge in [0.25, 0.3) is 0 Å². The van der Waals surface area contributed by atoms with Gasteiger partial charge in [0.1, 0.15) is 5.71 Å². The van der Waals surface area contributed by atoms with E-state index in [9.17, 15) is 0 Å². The number of hydroxylamine groups is 2. The van der Waals surface area contributed by atoms with E-state index in [1.165, 1.54) is 5.23 Å². The third kappa shape index (κ3) is 2.44. The molecule has 7 heteroatoms. The van der Waals surface area contributed by atoms with Crippen LogP contribution in [0, 0.1) is 0 Å². The van der Waals surface area contributed by atoms with Crippen LogP contribution in [0.3, 0.4) is 0 Å². The van der Waals surface area contributed by atoms with Crippen molar-refractivity contribution in [3.63, 3.8) is 0 Å². The first kappa shape index (κ1) is 16.0. The number of ether oxygens (including phenoxy) is 2. The lowest BCUT2D eigenvalue weighted by atomic mass is 9.80. The molecule has 0 aromatic heterocycles. The second kappa shape index (κ2) is 6.42. The zero-order valence-corrected chi connectivity index (χ0v) is 13.9. The van der Waals surface area contributed by atoms with Gasteiger partial charge in [0.05, 0.1) is 0 Å². The molecular formula is C17H22N2O5. The first-order valence-corrected chi connectivity index (χ1v) is 8.44. The molecule has 0 amide bonds. The maximum absolute atomic E-state index is 5.93. The Morgan fingerprint density at radius 2 is 1.83 bits per heavy atom. The standard InChI is InChI=1S/C17H22N2O5/c1-3-20-14-10-13-17(11-15(21-4-2)24-19(17)23-14)16(18-22-13)12-8-6-5-7-9-12/h5-9,13-15H,3-4,10-11H2,1-2H3/t13-,14-,15-,17+/m0/s1. The summed E-state index contributed by atoms with van der Waals surface area (Å²) >= 11 is 0. The smallest absolute Gasteiger partial charge is 0.183 e. The number of hydrogen-bond acceptors (Lipinski definition) is 7. The summed E-state index contributed by atoms with van der Waals surface area (Å²) in [5, 5.41) is 5.88. The van der Waals surface area contributed by atoms with Gasteiger partial charge < -0.3 is 14.3 Å². The third-order valence-corrected chi connectivity index (χ3v) is 4.60. The molecule has 0 unspecified atom stereocenters. The lowest BCUT2D eigenvalue weighted by molar-refractivity contribution is -0.465. The van der Waals surface area contributed by atoms with E-state index in [1.807, 2.05) is 44.2 Å². The van der Waals surface area contributed by atoms with Crippen molar-refractivity contribution in [2.75, 3.05) is 13.2 Å². The maximum Gasteiger partial charge on any atom is 0.183 e. The van der Waals surface area contributed by atoms with Gasteiger partial charge in [-0.2, -0.15) is 0 Å². The molecule has 130 valence electrons. The highest BCUT2D eigenvalue weighted by Crippen LogP contribution is 2.47. The van der Waals surface area contributed by atoms with Gasteiger partial charge in [0.2, 0.25) is 0 Å². The Balaban J connectivity index is 1.68. The molecule has 0 radical (unpaired) electrons. The van der Waals surface area contributed by atoms with Gasteiger partial charge in [0, 0.05) is 31.6 Å². The van der Waals surface area contributed by atoms with E-state index < -0.39 is 18.1 Å². The van der Waals surface area contributed by atoms with Gasteiger partial charge in [-0.25, -0.2) is 9.68 Å². The minimum absolute atomic E-state index is 0.205. The highest BCUT2D eigenvalue weighted by molar-refractivity contribution is 6.08. The van der Waals surface area contributed by atoms with Gasteiger partial charge >= 0.3 is 0 Å². The van der Waals surface area contributed by atoms with Crippen LogP contribution in [0.4, 0.5) is 0 Å². The Morgan fingerprint density at radius 1 is 1.12 bits per heavy atom. The second-order valence-electron chi connectivity index (χ2n) is 6.00. The molecule has 3 aliphatic rings. The quantitative estimate of drug-likeness (QED) is 0.823. The maximum atomic E-state index is 5.93. The molecule has 4 rings (SSSR count). The average Bonchev–Trinajstić information content (AvgIpc) is 3.13. The van der Waals surface area contributed by atoms with Gasteiger partial charge in [-0.1, -0.05) is 35.5 Å². The summed E-state index contributed by atoms with van der Waals surface area (Å²) in [4.78, 5) is 17.6. The van der Waals surface area contributed by atoms with Crippen LogP contribution in [0.2, 0.25) is 0 Å². The fraction of sp³-hybridized carbons (Fsp3) is 0.588. The molecule has 7 nitrogen and oxygen atoms in total. The van der Waals surface area contributed by atoms with E-state index in [0.29, 0.717) is 26.1 Å². The fourth-order valence-corrected chi connectivity index (χ4v) is 3.57. The van der Waals surface area contributed by atoms with E-state index >= 15 is 0 Å². The number of hydrogen-bond donors (Lipinski definition) is 0. The normalized spacial score (nSPS) is 35.2. The summed E-state index contributed by atoms with van der Waals surface area (Å²) < 4.78 is 11.3. The van der Waals surface area contributed by atoms with Crippen molar-refractivity contribution >= 4 is 5.71 Å². The van der Waals surface area contributed by atoms with Crippen molar-refractivity contribution < 1.29 is 24.0 Å². The van der Waals surface area contributed by atoms with Crippen molar-refractivity contribution in [1.82, 2.24) is 5.23 Å². The number of rotatable bonds is 5. The summed E-state index contributed by atoms with van der Waals surface area (Å²) in [6.45, 7) is 4.99. The molecule has 0 saturated carbocycles. The van der Waals surface area contributed by atoms with Crippen molar-refractivity contribution in [1.29, 1.82) is 0 Å². The molecule has 2 fully saturated rings. The van der Waals surface area contributed by atoms with E-state index in [1.54, 1.807) is 0 Å². The number of nitrogens with zero attached hydrogens (tertiary/aromatic N) is 2. The first-order valence-electron chi connectivity index (χ1n) is 8.44. The number of oxime groups is 1. The minimum Gasteiger partial charge on any atom is -0.389 e. The zero-order chi connectivity index (χ0) is 16.6. The van der Waals surface area contributed by atoms with Crippen LogP contribution in [-0.4, -0.2) is 48.4 Å². The van der Waals surface area contributed by atoms with Crippen molar-refractivity contribution in [3.05, 3.63) is 35.9 Å². The SMILES string of the molecule is CCO[C@@H]1C[C@@H]2ON=C(c3ccccc3)[C@@]23C[C@@H](OCC)ON3O1. The molecule has 2 saturated heterocycles. The predicted molar refractivity (Wildman–Crippen MR) is 84.7 cm³/mol. The Hall–Kier alpha value is -1.51. The van der Waals surface area contributed by atoms with Crippen molar-refractivity contribution in [3.8, 4) is 0 Å². The molecule has 3 aliphatic heterocycles. The topological polar surface area (TPSA) is 61.8 Å². The third-order valence-electron chi connectivity index (χ3n) is 4.60. The van der Waals surface area contributed by atoms with Crippen LogP contribution >= 0.6 is 0 Å². The van der Waals surface area contributed by atoms with Crippen LogP contribution in [-0.2, 0) is 24.0 Å². The van der Waals surface area contributed by atoms with E-state index in [2.05, 4.69) is 5.16 Å². The summed E-state index contributed by atoms with van der Waals surface area (Å²) in [6, 6.07) is 9.97. The predicted octanol–water partition coefficient (Wildman–Crippen LogP) is 2.23. The summed E-state index contributed by atoms with van der Waals surface area (Å²) in [6.07, 6.45) is 0.167. The Bertz CT molecular complexity index is 610. The van der Waals surface area contributed by atoms with E-state index in [0.717, 1.165) is 11.3 Å². The van der Waals surface area contributed by atoms with Crippen molar-refractivity contribution in [2.45, 2.75) is 50.9 Å². The first-order chi connectivity index (χ1) is 11.8. The van der Waals surface area contributed by atoms with Gasteiger partial charge in [-0.15, -0.1) is 0 Å². The van der Waals surface area contributed by atoms with Gasteiger partial charge in [-0.05, 0) is 19.1 Å². The summed E-state index contributed by atoms with van der Waals surface area (Å²) in [5.74, 6) is 0. The lowest BCUT2D eigenvalue weighted by Gasteiger charge is -2.41. The Labute approximate surface area is 141 Å². The summed E-state index contributed by atoms with van der Waals surface area (Å²) in [5.41, 5.74) is 1.18. The second-order valence-corrected chi connectivity index (χ2v) is 6.00. The molecule has 1 aromatic rings. The monoisotopic (exact) mass is 334 g/mol. The van der Waals surface area contributed by atoms with Crippen LogP contribution in [0.15, 0.2) is 35.5 Å². The van der Waals surface area contributed by atoms with Gasteiger partial charge in [-0.3, -0.25) is 0 Å². The largest absolute Gasteiger partial charge is 0.389 e. The van der Waals surface area contributed by atoms with E-state index in [-0.39, 0.29) is 6.10 Å². The zero-order valence-electron chi connectivity index (χ0n) is 13.9. The molecule has 0 aliphatic carbocycles. The molecule has 3 heterocycles. The minimum atomic E-state index is -0.616. The molecule has 4 atom stereocenters. The molecule has 1 spiro atoms. The Kier molecular flexibility index (Phi) is 4.28. The highest BCUT2D eigenvalue weighted by atomic mass is 17.0. The van der Waals surface area contributed by atoms with Crippen LogP contribution in [0.25, 0.3) is 0 Å². The Morgan fingerprint density at radius 3 is 2.58 bits per heavy atom. The fourth-order valence-electron chi connectivity index (χ4n) is 3.57. The number of benzene rings is 1. The molecular weight excluding hydrogens is 312 g/mol. The summed E-state index contributed by atoms with van der Waals surface area (Å²) in [7, 11) is 0. The van der Waals surface area contributed by atoms with Crippen LogP contribution < -0.4 is 0 Å². The molecule has 0 bridgehead atoms. The molecule has 0 N–H and O–H groups in total. The van der Waals surface area contributed by atoms with Crippen LogP contribution in [0.1, 0.15) is 32.3 Å². The van der Waals surface area contributed by atoms with Gasteiger partial charge in [0.15, 0.2) is 24.2 Å². The van der Waals surface area contributed by atoms with E-state index in [4.69, 9.17) is 24.0 Å².